The van der Waals surface area contributed by atoms with Crippen LogP contribution in [0.4, 0.5) is 0 Å². The van der Waals surface area contributed by atoms with Gasteiger partial charge in [-0.2, -0.15) is 5.10 Å². The number of nitrogens with one attached hydrogen (secondary N) is 1. The molecule has 0 aliphatic carbocycles. The standard InChI is InChI=1S/C14H21N5O/c1-9(2)20-12-5-11(6-16-7-12)14(18-15)13-8-17-19(4)10(13)3/h5-9,14,18H,15H2,1-4H3. The van der Waals surface area contributed by atoms with E-state index in [0.717, 1.165) is 22.6 Å². The van der Waals surface area contributed by atoms with Crippen molar-refractivity contribution in [2.75, 3.05) is 0 Å². The second-order valence-corrected chi connectivity index (χ2v) is 5.03. The Hall–Kier alpha value is -1.92. The maximum absolute atomic E-state index is 5.71. The molecule has 2 aromatic rings. The van der Waals surface area contributed by atoms with Crippen molar-refractivity contribution in [3.05, 3.63) is 41.5 Å². The summed E-state index contributed by atoms with van der Waals surface area (Å²) < 4.78 is 7.49. The number of nitrogens with zero attached hydrogens (tertiary/aromatic N) is 3. The van der Waals surface area contributed by atoms with Crippen molar-refractivity contribution in [2.45, 2.75) is 32.9 Å². The van der Waals surface area contributed by atoms with Gasteiger partial charge in [-0.05, 0) is 32.4 Å². The maximum Gasteiger partial charge on any atom is 0.138 e. The van der Waals surface area contributed by atoms with Crippen LogP contribution in [0, 0.1) is 6.92 Å². The number of hydrazine groups is 1. The van der Waals surface area contributed by atoms with Crippen LogP contribution in [-0.4, -0.2) is 20.9 Å². The second-order valence-electron chi connectivity index (χ2n) is 5.03. The van der Waals surface area contributed by atoms with Crippen LogP contribution in [0.15, 0.2) is 24.7 Å². The first-order chi connectivity index (χ1) is 9.52. The molecule has 0 bridgehead atoms. The van der Waals surface area contributed by atoms with Crippen molar-refractivity contribution < 1.29 is 4.74 Å². The van der Waals surface area contributed by atoms with Gasteiger partial charge in [0.15, 0.2) is 0 Å². The summed E-state index contributed by atoms with van der Waals surface area (Å²) in [6.45, 7) is 5.97. The van der Waals surface area contributed by atoms with Crippen molar-refractivity contribution in [1.29, 1.82) is 0 Å². The molecule has 0 aromatic carbocycles. The van der Waals surface area contributed by atoms with Crippen LogP contribution in [-0.2, 0) is 7.05 Å². The number of ether oxygens (including phenoxy) is 1. The van der Waals surface area contributed by atoms with E-state index in [0.29, 0.717) is 0 Å². The SMILES string of the molecule is Cc1c(C(NN)c2cncc(OC(C)C)c2)cnn1C. The maximum atomic E-state index is 5.71. The van der Waals surface area contributed by atoms with Gasteiger partial charge in [-0.15, -0.1) is 0 Å². The lowest BCUT2D eigenvalue weighted by Crippen LogP contribution is -2.29. The van der Waals surface area contributed by atoms with E-state index in [-0.39, 0.29) is 12.1 Å². The van der Waals surface area contributed by atoms with E-state index in [1.54, 1.807) is 12.4 Å². The third kappa shape index (κ3) is 2.97. The molecule has 0 radical (unpaired) electrons. The molecule has 1 atom stereocenters. The summed E-state index contributed by atoms with van der Waals surface area (Å²) in [5.74, 6) is 6.45. The highest BCUT2D eigenvalue weighted by molar-refractivity contribution is 5.34. The van der Waals surface area contributed by atoms with Crippen LogP contribution in [0.2, 0.25) is 0 Å². The van der Waals surface area contributed by atoms with E-state index < -0.39 is 0 Å². The largest absolute Gasteiger partial charge is 0.489 e. The van der Waals surface area contributed by atoms with Crippen LogP contribution in [0.1, 0.15) is 36.7 Å². The quantitative estimate of drug-likeness (QED) is 0.638. The molecule has 2 rings (SSSR count). The normalized spacial score (nSPS) is 12.7. The van der Waals surface area contributed by atoms with E-state index in [9.17, 15) is 0 Å². The molecule has 0 aliphatic heterocycles. The molecule has 0 saturated carbocycles. The third-order valence-electron chi connectivity index (χ3n) is 3.19. The summed E-state index contributed by atoms with van der Waals surface area (Å²) in [6, 6.07) is 1.79. The summed E-state index contributed by atoms with van der Waals surface area (Å²) in [5, 5.41) is 4.25. The average molecular weight is 275 g/mol. The summed E-state index contributed by atoms with van der Waals surface area (Å²) in [6.07, 6.45) is 5.41. The average Bonchev–Trinajstić information content (AvgIpc) is 2.72. The fraction of sp³-hybridized carbons (Fsp3) is 0.429. The zero-order valence-electron chi connectivity index (χ0n) is 12.3. The smallest absolute Gasteiger partial charge is 0.138 e. The molecule has 0 aliphatic rings. The zero-order chi connectivity index (χ0) is 14.7. The van der Waals surface area contributed by atoms with Gasteiger partial charge in [-0.3, -0.25) is 15.5 Å². The van der Waals surface area contributed by atoms with Gasteiger partial charge in [-0.1, -0.05) is 0 Å². The summed E-state index contributed by atoms with van der Waals surface area (Å²) >= 11 is 0. The Labute approximate surface area is 118 Å². The van der Waals surface area contributed by atoms with Gasteiger partial charge in [0.05, 0.1) is 24.5 Å². The van der Waals surface area contributed by atoms with E-state index >= 15 is 0 Å². The zero-order valence-corrected chi connectivity index (χ0v) is 12.3. The molecule has 0 spiro atoms. The fourth-order valence-corrected chi connectivity index (χ4v) is 2.09. The Bertz CT molecular complexity index is 579. The van der Waals surface area contributed by atoms with Crippen molar-refractivity contribution in [3.8, 4) is 5.75 Å². The molecule has 6 nitrogen and oxygen atoms in total. The first kappa shape index (κ1) is 14.5. The van der Waals surface area contributed by atoms with Crippen LogP contribution in [0.5, 0.6) is 5.75 Å². The number of hydrogen-bond donors (Lipinski definition) is 2. The Kier molecular flexibility index (Phi) is 4.36. The topological polar surface area (TPSA) is 78.0 Å². The lowest BCUT2D eigenvalue weighted by molar-refractivity contribution is 0.241. The Morgan fingerprint density at radius 2 is 2.05 bits per heavy atom. The molecule has 2 heterocycles. The Morgan fingerprint density at radius 3 is 2.60 bits per heavy atom. The van der Waals surface area contributed by atoms with Crippen LogP contribution in [0.3, 0.4) is 0 Å². The highest BCUT2D eigenvalue weighted by Gasteiger charge is 2.18. The minimum atomic E-state index is -0.160. The lowest BCUT2D eigenvalue weighted by Gasteiger charge is -2.17. The van der Waals surface area contributed by atoms with Gasteiger partial charge in [-0.25, -0.2) is 5.43 Å². The van der Waals surface area contributed by atoms with Gasteiger partial charge in [0, 0.05) is 24.5 Å². The number of aryl methyl sites for hydroxylation is 1. The van der Waals surface area contributed by atoms with Gasteiger partial charge in [0.2, 0.25) is 0 Å². The van der Waals surface area contributed by atoms with Gasteiger partial charge >= 0.3 is 0 Å². The van der Waals surface area contributed by atoms with Gasteiger partial charge < -0.3 is 4.74 Å². The minimum Gasteiger partial charge on any atom is -0.489 e. The third-order valence-corrected chi connectivity index (χ3v) is 3.19. The summed E-state index contributed by atoms with van der Waals surface area (Å²) in [5.41, 5.74) is 5.85. The predicted octanol–water partition coefficient (Wildman–Crippen LogP) is 1.46. The van der Waals surface area contributed by atoms with Crippen molar-refractivity contribution in [2.24, 2.45) is 12.9 Å². The Balaban J connectivity index is 2.34. The van der Waals surface area contributed by atoms with E-state index in [1.807, 2.05) is 44.8 Å². The molecule has 108 valence electrons. The van der Waals surface area contributed by atoms with Crippen LogP contribution < -0.4 is 16.0 Å². The fourth-order valence-electron chi connectivity index (χ4n) is 2.09. The molecular weight excluding hydrogens is 254 g/mol. The molecular formula is C14H21N5O. The minimum absolute atomic E-state index is 0.108. The molecule has 0 fully saturated rings. The molecule has 2 aromatic heterocycles. The molecule has 0 saturated heterocycles. The van der Waals surface area contributed by atoms with E-state index in [4.69, 9.17) is 10.6 Å². The second kappa shape index (κ2) is 6.02. The van der Waals surface area contributed by atoms with Crippen molar-refractivity contribution >= 4 is 0 Å². The number of aromatic nitrogens is 3. The first-order valence-corrected chi connectivity index (χ1v) is 6.59. The van der Waals surface area contributed by atoms with Crippen LogP contribution >= 0.6 is 0 Å². The monoisotopic (exact) mass is 275 g/mol. The lowest BCUT2D eigenvalue weighted by atomic mass is 10.0. The van der Waals surface area contributed by atoms with Gasteiger partial charge in [0.1, 0.15) is 5.75 Å². The molecule has 0 amide bonds. The first-order valence-electron chi connectivity index (χ1n) is 6.59. The number of hydrogen-bond acceptors (Lipinski definition) is 5. The van der Waals surface area contributed by atoms with Gasteiger partial charge in [0.25, 0.3) is 0 Å². The molecule has 20 heavy (non-hydrogen) atoms. The molecule has 3 N–H and O–H groups in total. The highest BCUT2D eigenvalue weighted by atomic mass is 16.5. The summed E-state index contributed by atoms with van der Waals surface area (Å²) in [4.78, 5) is 4.22. The number of pyridine rings is 1. The Morgan fingerprint density at radius 1 is 1.30 bits per heavy atom. The molecule has 1 unspecified atom stereocenters. The molecule has 6 heteroatoms. The van der Waals surface area contributed by atoms with Crippen molar-refractivity contribution in [1.82, 2.24) is 20.2 Å². The van der Waals surface area contributed by atoms with Crippen molar-refractivity contribution in [3.63, 3.8) is 0 Å². The van der Waals surface area contributed by atoms with Crippen LogP contribution in [0.25, 0.3) is 0 Å². The number of rotatable bonds is 5. The van der Waals surface area contributed by atoms with E-state index in [2.05, 4.69) is 15.5 Å². The predicted molar refractivity (Wildman–Crippen MR) is 77.1 cm³/mol. The summed E-state index contributed by atoms with van der Waals surface area (Å²) in [7, 11) is 1.91. The number of nitrogens with two attached hydrogens (primary N) is 1. The highest BCUT2D eigenvalue weighted by Crippen LogP contribution is 2.25. The van der Waals surface area contributed by atoms with E-state index in [1.165, 1.54) is 0 Å².